The van der Waals surface area contributed by atoms with Crippen molar-refractivity contribution in [3.63, 3.8) is 0 Å². The number of carbonyl (C=O) groups is 1. The number of fused-ring (bicyclic) bond motifs is 1. The molecule has 1 N–H and O–H groups in total. The standard InChI is InChI=1S/C15H13N3O3/c1-2-18-11(7-8-16-18)4-6-14-17-12-5-3-10(15(19)20)9-13(12)21-14/h3-9H,2H2,1H3,(H,19,20)/b6-4+. The molecule has 6 heteroatoms. The molecule has 0 aliphatic rings. The van der Waals surface area contributed by atoms with Gasteiger partial charge in [0.1, 0.15) is 5.52 Å². The predicted molar refractivity (Wildman–Crippen MR) is 77.8 cm³/mol. The Kier molecular flexibility index (Phi) is 3.27. The molecular formula is C15H13N3O3. The van der Waals surface area contributed by atoms with E-state index in [1.165, 1.54) is 12.1 Å². The van der Waals surface area contributed by atoms with Crippen molar-refractivity contribution >= 4 is 29.2 Å². The molecule has 0 atom stereocenters. The summed E-state index contributed by atoms with van der Waals surface area (Å²) in [4.78, 5) is 15.2. The van der Waals surface area contributed by atoms with Crippen LogP contribution in [0.4, 0.5) is 0 Å². The van der Waals surface area contributed by atoms with E-state index in [9.17, 15) is 4.79 Å². The van der Waals surface area contributed by atoms with Gasteiger partial charge >= 0.3 is 5.97 Å². The second kappa shape index (κ2) is 5.24. The number of rotatable bonds is 4. The van der Waals surface area contributed by atoms with E-state index in [0.717, 1.165) is 12.2 Å². The van der Waals surface area contributed by atoms with Gasteiger partial charge in [0.25, 0.3) is 0 Å². The number of aromatic carboxylic acids is 1. The fourth-order valence-electron chi connectivity index (χ4n) is 2.05. The maximum Gasteiger partial charge on any atom is 0.335 e. The van der Waals surface area contributed by atoms with Crippen molar-refractivity contribution in [3.8, 4) is 0 Å². The largest absolute Gasteiger partial charge is 0.478 e. The Balaban J connectivity index is 1.92. The summed E-state index contributed by atoms with van der Waals surface area (Å²) in [5.41, 5.74) is 2.21. The fraction of sp³-hybridized carbons (Fsp3) is 0.133. The second-order valence-electron chi connectivity index (χ2n) is 4.44. The highest BCUT2D eigenvalue weighted by molar-refractivity contribution is 5.92. The molecule has 106 valence electrons. The van der Waals surface area contributed by atoms with E-state index in [2.05, 4.69) is 10.1 Å². The molecule has 6 nitrogen and oxygen atoms in total. The molecule has 0 aliphatic carbocycles. The topological polar surface area (TPSA) is 81.2 Å². The van der Waals surface area contributed by atoms with Crippen LogP contribution in [-0.4, -0.2) is 25.8 Å². The zero-order chi connectivity index (χ0) is 14.8. The average molecular weight is 283 g/mol. The highest BCUT2D eigenvalue weighted by Crippen LogP contribution is 2.19. The van der Waals surface area contributed by atoms with E-state index in [0.29, 0.717) is 17.0 Å². The lowest BCUT2D eigenvalue weighted by molar-refractivity contribution is 0.0697. The minimum absolute atomic E-state index is 0.179. The molecule has 21 heavy (non-hydrogen) atoms. The summed E-state index contributed by atoms with van der Waals surface area (Å²) in [7, 11) is 0. The zero-order valence-electron chi connectivity index (χ0n) is 11.4. The Morgan fingerprint density at radius 2 is 2.24 bits per heavy atom. The summed E-state index contributed by atoms with van der Waals surface area (Å²) in [6.07, 6.45) is 5.33. The Morgan fingerprint density at radius 1 is 1.38 bits per heavy atom. The number of carboxylic acid groups (broad SMARTS) is 1. The fourth-order valence-corrected chi connectivity index (χ4v) is 2.05. The molecule has 0 amide bonds. The van der Waals surface area contributed by atoms with Gasteiger partial charge in [0, 0.05) is 18.8 Å². The van der Waals surface area contributed by atoms with Crippen LogP contribution in [0, 0.1) is 0 Å². The van der Waals surface area contributed by atoms with Gasteiger partial charge in [-0.3, -0.25) is 4.68 Å². The quantitative estimate of drug-likeness (QED) is 0.796. The van der Waals surface area contributed by atoms with E-state index >= 15 is 0 Å². The van der Waals surface area contributed by atoms with Gasteiger partial charge in [-0.1, -0.05) is 0 Å². The van der Waals surface area contributed by atoms with Gasteiger partial charge in [0.2, 0.25) is 5.89 Å². The molecule has 0 unspecified atom stereocenters. The number of hydrogen-bond acceptors (Lipinski definition) is 4. The smallest absolute Gasteiger partial charge is 0.335 e. The minimum Gasteiger partial charge on any atom is -0.478 e. The number of aromatic nitrogens is 3. The van der Waals surface area contributed by atoms with E-state index in [1.807, 2.05) is 23.7 Å². The first-order valence-electron chi connectivity index (χ1n) is 6.51. The number of aryl methyl sites for hydroxylation is 1. The molecule has 3 rings (SSSR count). The van der Waals surface area contributed by atoms with Crippen LogP contribution in [0.3, 0.4) is 0 Å². The van der Waals surface area contributed by atoms with Crippen LogP contribution in [0.1, 0.15) is 28.9 Å². The van der Waals surface area contributed by atoms with Crippen molar-refractivity contribution in [1.82, 2.24) is 14.8 Å². The number of hydrogen-bond donors (Lipinski definition) is 1. The van der Waals surface area contributed by atoms with Gasteiger partial charge in [-0.2, -0.15) is 5.10 Å². The van der Waals surface area contributed by atoms with E-state index in [1.54, 1.807) is 18.3 Å². The monoisotopic (exact) mass is 283 g/mol. The molecular weight excluding hydrogens is 270 g/mol. The van der Waals surface area contributed by atoms with E-state index in [4.69, 9.17) is 9.52 Å². The summed E-state index contributed by atoms with van der Waals surface area (Å²) in [5, 5.41) is 13.1. The maximum atomic E-state index is 10.9. The summed E-state index contributed by atoms with van der Waals surface area (Å²) in [6, 6.07) is 6.51. The van der Waals surface area contributed by atoms with Crippen molar-refractivity contribution in [2.45, 2.75) is 13.5 Å². The first-order chi connectivity index (χ1) is 10.2. The maximum absolute atomic E-state index is 10.9. The number of oxazole rings is 1. The molecule has 0 saturated carbocycles. The van der Waals surface area contributed by atoms with Crippen LogP contribution < -0.4 is 0 Å². The van der Waals surface area contributed by atoms with Crippen LogP contribution in [0.25, 0.3) is 23.3 Å². The Labute approximate surface area is 120 Å². The molecule has 0 spiro atoms. The Hall–Kier alpha value is -2.89. The van der Waals surface area contributed by atoms with E-state index in [-0.39, 0.29) is 5.56 Å². The third kappa shape index (κ3) is 2.55. The summed E-state index contributed by atoms with van der Waals surface area (Å²) >= 11 is 0. The predicted octanol–water partition coefficient (Wildman–Crippen LogP) is 2.91. The number of carboxylic acids is 1. The van der Waals surface area contributed by atoms with Crippen LogP contribution in [0.2, 0.25) is 0 Å². The number of nitrogens with zero attached hydrogens (tertiary/aromatic N) is 3. The summed E-state index contributed by atoms with van der Waals surface area (Å²) < 4.78 is 7.39. The molecule has 3 aromatic rings. The zero-order valence-corrected chi connectivity index (χ0v) is 11.4. The van der Waals surface area contributed by atoms with Gasteiger partial charge < -0.3 is 9.52 Å². The van der Waals surface area contributed by atoms with Crippen LogP contribution in [-0.2, 0) is 6.54 Å². The van der Waals surface area contributed by atoms with Gasteiger partial charge in [0.15, 0.2) is 5.58 Å². The molecule has 0 bridgehead atoms. The highest BCUT2D eigenvalue weighted by Gasteiger charge is 2.08. The lowest BCUT2D eigenvalue weighted by Gasteiger charge is -1.97. The molecule has 2 aromatic heterocycles. The molecule has 0 fully saturated rings. The first-order valence-corrected chi connectivity index (χ1v) is 6.51. The Bertz CT molecular complexity index is 830. The van der Waals surface area contributed by atoms with Crippen molar-refractivity contribution in [2.24, 2.45) is 0 Å². The van der Waals surface area contributed by atoms with Crippen molar-refractivity contribution in [1.29, 1.82) is 0 Å². The Morgan fingerprint density at radius 3 is 3.00 bits per heavy atom. The minimum atomic E-state index is -0.989. The molecule has 0 aliphatic heterocycles. The lowest BCUT2D eigenvalue weighted by atomic mass is 10.2. The van der Waals surface area contributed by atoms with Gasteiger partial charge in [-0.05, 0) is 37.3 Å². The molecule has 0 saturated heterocycles. The van der Waals surface area contributed by atoms with Crippen molar-refractivity contribution in [3.05, 3.63) is 47.6 Å². The highest BCUT2D eigenvalue weighted by atomic mass is 16.4. The van der Waals surface area contributed by atoms with Gasteiger partial charge in [0.05, 0.1) is 11.3 Å². The van der Waals surface area contributed by atoms with E-state index < -0.39 is 5.97 Å². The van der Waals surface area contributed by atoms with Crippen molar-refractivity contribution in [2.75, 3.05) is 0 Å². The first kappa shape index (κ1) is 13.1. The SMILES string of the molecule is CCn1nccc1/C=C/c1nc2ccc(C(=O)O)cc2o1. The molecule has 1 aromatic carbocycles. The van der Waals surface area contributed by atoms with Gasteiger partial charge in [-0.15, -0.1) is 0 Å². The van der Waals surface area contributed by atoms with Crippen LogP contribution in [0.15, 0.2) is 34.9 Å². The molecule has 0 radical (unpaired) electrons. The van der Waals surface area contributed by atoms with Crippen LogP contribution >= 0.6 is 0 Å². The van der Waals surface area contributed by atoms with Crippen molar-refractivity contribution < 1.29 is 14.3 Å². The van der Waals surface area contributed by atoms with Gasteiger partial charge in [-0.25, -0.2) is 9.78 Å². The molecule has 2 heterocycles. The normalized spacial score (nSPS) is 11.5. The van der Waals surface area contributed by atoms with Crippen LogP contribution in [0.5, 0.6) is 0 Å². The number of benzene rings is 1. The second-order valence-corrected chi connectivity index (χ2v) is 4.44. The average Bonchev–Trinajstić information content (AvgIpc) is 3.09. The lowest BCUT2D eigenvalue weighted by Crippen LogP contribution is -1.97. The third-order valence-corrected chi connectivity index (χ3v) is 3.10. The third-order valence-electron chi connectivity index (χ3n) is 3.10. The summed E-state index contributed by atoms with van der Waals surface area (Å²) in [5.74, 6) is -0.561. The summed E-state index contributed by atoms with van der Waals surface area (Å²) in [6.45, 7) is 2.79.